The molecule has 0 radical (unpaired) electrons. The predicted molar refractivity (Wildman–Crippen MR) is 130 cm³/mol. The molecule has 1 amide bonds. The van der Waals surface area contributed by atoms with Crippen LogP contribution in [0.4, 0.5) is 0 Å². The molecule has 0 unspecified atom stereocenters. The van der Waals surface area contributed by atoms with Crippen LogP contribution in [0.1, 0.15) is 5.69 Å². The highest BCUT2D eigenvalue weighted by Gasteiger charge is 2.09. The molecule has 2 heterocycles. The molecule has 0 atom stereocenters. The van der Waals surface area contributed by atoms with Gasteiger partial charge in [-0.15, -0.1) is 11.3 Å². The van der Waals surface area contributed by atoms with Gasteiger partial charge in [0.15, 0.2) is 0 Å². The summed E-state index contributed by atoms with van der Waals surface area (Å²) >= 11 is 7.45. The first kappa shape index (κ1) is 22.7. The molecule has 1 N–H and O–H groups in total. The van der Waals surface area contributed by atoms with E-state index in [0.717, 1.165) is 27.6 Å². The van der Waals surface area contributed by atoms with Crippen molar-refractivity contribution in [1.82, 2.24) is 19.9 Å². The fraction of sp³-hybridized carbons (Fsp3) is 0.167. The van der Waals surface area contributed by atoms with Crippen LogP contribution in [-0.2, 0) is 17.8 Å². The van der Waals surface area contributed by atoms with Crippen molar-refractivity contribution in [1.29, 1.82) is 0 Å². The maximum absolute atomic E-state index is 12.4. The molecule has 2 aromatic carbocycles. The van der Waals surface area contributed by atoms with Gasteiger partial charge in [0.2, 0.25) is 5.91 Å². The van der Waals surface area contributed by atoms with Crippen LogP contribution in [0.3, 0.4) is 0 Å². The monoisotopic (exact) mass is 480 g/mol. The van der Waals surface area contributed by atoms with Crippen LogP contribution >= 0.6 is 22.9 Å². The number of carbonyl (C=O) groups is 1. The molecule has 33 heavy (non-hydrogen) atoms. The third-order valence-electron chi connectivity index (χ3n) is 4.93. The van der Waals surface area contributed by atoms with Crippen LogP contribution in [0.2, 0.25) is 5.02 Å². The highest BCUT2D eigenvalue weighted by molar-refractivity contribution is 7.13. The van der Waals surface area contributed by atoms with E-state index < -0.39 is 0 Å². The van der Waals surface area contributed by atoms with E-state index in [-0.39, 0.29) is 18.0 Å². The zero-order valence-electron chi connectivity index (χ0n) is 17.8. The third-order valence-corrected chi connectivity index (χ3v) is 6.12. The summed E-state index contributed by atoms with van der Waals surface area (Å²) in [5.41, 5.74) is 2.94. The van der Waals surface area contributed by atoms with Gasteiger partial charge in [-0.1, -0.05) is 23.7 Å². The minimum absolute atomic E-state index is 0.0963. The highest BCUT2D eigenvalue weighted by Crippen LogP contribution is 2.25. The van der Waals surface area contributed by atoms with Crippen LogP contribution in [-0.4, -0.2) is 34.1 Å². The van der Waals surface area contributed by atoms with Crippen LogP contribution in [0, 0.1) is 0 Å². The van der Waals surface area contributed by atoms with E-state index in [1.807, 2.05) is 29.6 Å². The van der Waals surface area contributed by atoms with Gasteiger partial charge in [0.25, 0.3) is 5.56 Å². The van der Waals surface area contributed by atoms with Crippen molar-refractivity contribution in [2.45, 2.75) is 13.0 Å². The Balaban J connectivity index is 1.29. The number of nitrogens with zero attached hydrogens (tertiary/aromatic N) is 3. The van der Waals surface area contributed by atoms with Gasteiger partial charge in [0, 0.05) is 40.6 Å². The Morgan fingerprint density at radius 3 is 2.55 bits per heavy atom. The van der Waals surface area contributed by atoms with Crippen LogP contribution in [0.5, 0.6) is 5.75 Å². The van der Waals surface area contributed by atoms with Crippen molar-refractivity contribution in [3.63, 3.8) is 0 Å². The fourth-order valence-corrected chi connectivity index (χ4v) is 4.14. The molecule has 4 rings (SSSR count). The number of thiazole rings is 1. The summed E-state index contributed by atoms with van der Waals surface area (Å²) < 4.78 is 6.46. The highest BCUT2D eigenvalue weighted by atomic mass is 35.5. The minimum Gasteiger partial charge on any atom is -0.497 e. The Kier molecular flexibility index (Phi) is 7.16. The molecule has 168 valence electrons. The summed E-state index contributed by atoms with van der Waals surface area (Å²) in [6.45, 7) is 0.330. The molecule has 7 nitrogen and oxygen atoms in total. The van der Waals surface area contributed by atoms with Crippen molar-refractivity contribution in [3.8, 4) is 27.6 Å². The van der Waals surface area contributed by atoms with E-state index in [1.165, 1.54) is 17.0 Å². The lowest BCUT2D eigenvalue weighted by molar-refractivity contribution is -0.121. The average Bonchev–Trinajstić information content (AvgIpc) is 3.30. The number of benzene rings is 2. The molecule has 0 bridgehead atoms. The van der Waals surface area contributed by atoms with Crippen LogP contribution in [0.25, 0.3) is 21.8 Å². The lowest BCUT2D eigenvalue weighted by Gasteiger charge is -2.07. The molecule has 0 aliphatic rings. The smallest absolute Gasteiger partial charge is 0.254 e. The van der Waals surface area contributed by atoms with Crippen molar-refractivity contribution in [2.75, 3.05) is 13.7 Å². The van der Waals surface area contributed by atoms with Crippen molar-refractivity contribution in [3.05, 3.63) is 87.4 Å². The van der Waals surface area contributed by atoms with Gasteiger partial charge in [-0.3, -0.25) is 14.2 Å². The van der Waals surface area contributed by atoms with E-state index in [0.29, 0.717) is 23.7 Å². The van der Waals surface area contributed by atoms with E-state index >= 15 is 0 Å². The second-order valence-electron chi connectivity index (χ2n) is 7.22. The van der Waals surface area contributed by atoms with E-state index in [4.69, 9.17) is 16.3 Å². The Bertz CT molecular complexity index is 1300. The molecule has 4 aromatic rings. The fourth-order valence-electron chi connectivity index (χ4n) is 3.15. The van der Waals surface area contributed by atoms with Crippen molar-refractivity contribution >= 4 is 28.8 Å². The molecule has 9 heteroatoms. The van der Waals surface area contributed by atoms with Crippen LogP contribution in [0.15, 0.2) is 71.1 Å². The van der Waals surface area contributed by atoms with Gasteiger partial charge >= 0.3 is 0 Å². The number of aromatic nitrogens is 3. The van der Waals surface area contributed by atoms with Gasteiger partial charge < -0.3 is 10.1 Å². The standard InChI is InChI=1S/C24H21ClN4O3S/c1-32-20-8-4-17(5-9-20)24-28-19(14-33-24)10-11-26-22(30)13-29-15-27-21(12-23(29)31)16-2-6-18(25)7-3-16/h2-9,12,14-15H,10-11,13H2,1H3,(H,26,30). The molecule has 0 saturated heterocycles. The van der Waals surface area contributed by atoms with Crippen LogP contribution < -0.4 is 15.6 Å². The number of nitrogens with one attached hydrogen (secondary N) is 1. The predicted octanol–water partition coefficient (Wildman–Crippen LogP) is 4.05. The summed E-state index contributed by atoms with van der Waals surface area (Å²) in [7, 11) is 1.63. The molecular weight excluding hydrogens is 460 g/mol. The number of amides is 1. The Morgan fingerprint density at radius 1 is 1.12 bits per heavy atom. The number of hydrogen-bond acceptors (Lipinski definition) is 6. The molecule has 0 fully saturated rings. The lowest BCUT2D eigenvalue weighted by Crippen LogP contribution is -2.33. The second-order valence-corrected chi connectivity index (χ2v) is 8.51. The molecule has 0 spiro atoms. The SMILES string of the molecule is COc1ccc(-c2nc(CCNC(=O)Cn3cnc(-c4ccc(Cl)cc4)cc3=O)cs2)cc1. The summed E-state index contributed by atoms with van der Waals surface area (Å²) in [5, 5.41) is 6.34. The first-order chi connectivity index (χ1) is 16.0. The summed E-state index contributed by atoms with van der Waals surface area (Å²) in [6, 6.07) is 16.2. The maximum atomic E-state index is 12.4. The number of carbonyl (C=O) groups excluding carboxylic acids is 1. The number of rotatable bonds is 8. The first-order valence-corrected chi connectivity index (χ1v) is 11.5. The summed E-state index contributed by atoms with van der Waals surface area (Å²) in [6.07, 6.45) is 1.98. The van der Waals surface area contributed by atoms with Gasteiger partial charge in [0.1, 0.15) is 17.3 Å². The number of methoxy groups -OCH3 is 1. The number of ether oxygens (including phenoxy) is 1. The third kappa shape index (κ3) is 5.85. The molecule has 0 aliphatic heterocycles. The zero-order chi connectivity index (χ0) is 23.2. The van der Waals surface area contributed by atoms with Crippen molar-refractivity contribution < 1.29 is 9.53 Å². The summed E-state index contributed by atoms with van der Waals surface area (Å²) in [4.78, 5) is 33.6. The first-order valence-electron chi connectivity index (χ1n) is 10.2. The quantitative estimate of drug-likeness (QED) is 0.411. The Labute approximate surface area is 199 Å². The maximum Gasteiger partial charge on any atom is 0.254 e. The molecule has 2 aromatic heterocycles. The number of hydrogen-bond donors (Lipinski definition) is 1. The minimum atomic E-state index is -0.297. The normalized spacial score (nSPS) is 10.7. The Morgan fingerprint density at radius 2 is 1.85 bits per heavy atom. The van der Waals surface area contributed by atoms with E-state index in [2.05, 4.69) is 15.3 Å². The number of halogens is 1. The lowest BCUT2D eigenvalue weighted by atomic mass is 10.1. The largest absolute Gasteiger partial charge is 0.497 e. The van der Waals surface area contributed by atoms with Crippen molar-refractivity contribution in [2.24, 2.45) is 0 Å². The van der Waals surface area contributed by atoms with E-state index in [1.54, 1.807) is 42.7 Å². The van der Waals surface area contributed by atoms with Gasteiger partial charge in [-0.05, 0) is 36.4 Å². The average molecular weight is 481 g/mol. The van der Waals surface area contributed by atoms with Gasteiger partial charge in [0.05, 0.1) is 24.8 Å². The Hall–Kier alpha value is -3.49. The van der Waals surface area contributed by atoms with Gasteiger partial charge in [-0.25, -0.2) is 9.97 Å². The van der Waals surface area contributed by atoms with E-state index in [9.17, 15) is 9.59 Å². The molecule has 0 saturated carbocycles. The second kappa shape index (κ2) is 10.4. The molecular formula is C24H21ClN4O3S. The summed E-state index contributed by atoms with van der Waals surface area (Å²) in [5.74, 6) is 0.538. The topological polar surface area (TPSA) is 86.1 Å². The zero-order valence-corrected chi connectivity index (χ0v) is 19.4. The molecule has 0 aliphatic carbocycles. The van der Waals surface area contributed by atoms with Gasteiger partial charge in [-0.2, -0.15) is 0 Å².